The summed E-state index contributed by atoms with van der Waals surface area (Å²) < 4.78 is 4.91. The van der Waals surface area contributed by atoms with Crippen LogP contribution in [-0.2, 0) is 0 Å². The summed E-state index contributed by atoms with van der Waals surface area (Å²) in [4.78, 5) is 10.9. The second-order valence-corrected chi connectivity index (χ2v) is 18.8. The average molecular weight is 695 g/mol. The summed E-state index contributed by atoms with van der Waals surface area (Å²) in [6, 6.07) is 61.2. The van der Waals surface area contributed by atoms with E-state index in [0.717, 1.165) is 34.0 Å². The Labute approximate surface area is 308 Å². The molecule has 0 radical (unpaired) electrons. The van der Waals surface area contributed by atoms with Crippen LogP contribution >= 0.6 is 0 Å². The zero-order chi connectivity index (χ0) is 35.3. The van der Waals surface area contributed by atoms with Gasteiger partial charge in [-0.25, -0.2) is 9.97 Å². The molecule has 4 nitrogen and oxygen atoms in total. The molecule has 53 heavy (non-hydrogen) atoms. The van der Waals surface area contributed by atoms with Crippen LogP contribution in [0.15, 0.2) is 170 Å². The van der Waals surface area contributed by atoms with E-state index in [1.165, 1.54) is 65.2 Å². The Bertz CT molecular complexity index is 3080. The molecule has 0 spiro atoms. The van der Waals surface area contributed by atoms with Gasteiger partial charge in [0.15, 0.2) is 5.82 Å². The molecule has 0 saturated heterocycles. The summed E-state index contributed by atoms with van der Waals surface area (Å²) in [7, 11) is -2.14. The lowest BCUT2D eigenvalue weighted by atomic mass is 9.99. The maximum absolute atomic E-state index is 5.53. The van der Waals surface area contributed by atoms with Gasteiger partial charge < -0.3 is 9.13 Å². The molecule has 0 unspecified atom stereocenters. The summed E-state index contributed by atoms with van der Waals surface area (Å²) in [5.74, 6) is 0.776. The highest BCUT2D eigenvalue weighted by Crippen LogP contribution is 2.45. The molecule has 4 heterocycles. The predicted octanol–water partition coefficient (Wildman–Crippen LogP) is 10.8. The second kappa shape index (κ2) is 11.2. The molecule has 250 valence electrons. The highest BCUT2D eigenvalue weighted by atomic mass is 28.3. The average Bonchev–Trinajstić information content (AvgIpc) is 3.81. The van der Waals surface area contributed by atoms with E-state index in [1.807, 2.05) is 0 Å². The van der Waals surface area contributed by atoms with Gasteiger partial charge >= 0.3 is 0 Å². The van der Waals surface area contributed by atoms with Crippen LogP contribution in [0.2, 0.25) is 13.1 Å². The van der Waals surface area contributed by atoms with Crippen LogP contribution < -0.4 is 10.5 Å². The van der Waals surface area contributed by atoms with Crippen molar-refractivity contribution in [1.29, 1.82) is 0 Å². The molecule has 0 fully saturated rings. The minimum absolute atomic E-state index is 0.776. The molecular weight excluding hydrogens is 661 g/mol. The first-order valence-electron chi connectivity index (χ1n) is 18.3. The molecule has 1 aliphatic heterocycles. The van der Waals surface area contributed by atoms with Crippen molar-refractivity contribution in [2.24, 2.45) is 0 Å². The third-order valence-electron chi connectivity index (χ3n) is 11.3. The van der Waals surface area contributed by atoms with Gasteiger partial charge in [-0.15, -0.1) is 0 Å². The van der Waals surface area contributed by atoms with Gasteiger partial charge in [0.2, 0.25) is 0 Å². The predicted molar refractivity (Wildman–Crippen MR) is 224 cm³/mol. The number of hydrogen-bond donors (Lipinski definition) is 0. The van der Waals surface area contributed by atoms with Gasteiger partial charge in [0.05, 0.1) is 33.4 Å². The van der Waals surface area contributed by atoms with Gasteiger partial charge in [-0.2, -0.15) is 0 Å². The van der Waals surface area contributed by atoms with Crippen molar-refractivity contribution in [2.45, 2.75) is 13.1 Å². The molecule has 0 atom stereocenters. The van der Waals surface area contributed by atoms with Crippen LogP contribution in [0.4, 0.5) is 0 Å². The van der Waals surface area contributed by atoms with E-state index in [4.69, 9.17) is 9.97 Å². The van der Waals surface area contributed by atoms with Gasteiger partial charge in [-0.1, -0.05) is 147 Å². The smallest absolute Gasteiger partial charge is 0.159 e. The molecule has 0 amide bonds. The van der Waals surface area contributed by atoms with E-state index in [0.29, 0.717) is 0 Å². The first kappa shape index (κ1) is 30.1. The zero-order valence-electron chi connectivity index (χ0n) is 29.5. The molecule has 0 saturated carbocycles. The molecule has 3 aromatic heterocycles. The second-order valence-electron chi connectivity index (χ2n) is 14.6. The van der Waals surface area contributed by atoms with Crippen LogP contribution in [-0.4, -0.2) is 27.2 Å². The number of para-hydroxylation sites is 4. The number of benzene rings is 7. The van der Waals surface area contributed by atoms with Crippen molar-refractivity contribution < 1.29 is 0 Å². The number of rotatable bonds is 4. The third kappa shape index (κ3) is 4.23. The fourth-order valence-electron chi connectivity index (χ4n) is 8.94. The van der Waals surface area contributed by atoms with Crippen LogP contribution in [0, 0.1) is 0 Å². The van der Waals surface area contributed by atoms with E-state index in [9.17, 15) is 0 Å². The summed E-state index contributed by atoms with van der Waals surface area (Å²) in [6.45, 7) is 4.86. The fourth-order valence-corrected chi connectivity index (χ4v) is 11.8. The summed E-state index contributed by atoms with van der Waals surface area (Å²) in [5.41, 5.74) is 12.5. The molecule has 5 heteroatoms. The van der Waals surface area contributed by atoms with E-state index in [1.54, 1.807) is 0 Å². The highest BCUT2D eigenvalue weighted by Gasteiger charge is 2.41. The van der Waals surface area contributed by atoms with Crippen molar-refractivity contribution in [2.75, 3.05) is 0 Å². The van der Waals surface area contributed by atoms with Crippen molar-refractivity contribution in [3.63, 3.8) is 0 Å². The van der Waals surface area contributed by atoms with Crippen LogP contribution in [0.3, 0.4) is 0 Å². The molecular formula is C48H34N4Si. The summed E-state index contributed by atoms with van der Waals surface area (Å²) in [5, 5.41) is 7.55. The van der Waals surface area contributed by atoms with E-state index < -0.39 is 8.07 Å². The lowest BCUT2D eigenvalue weighted by Crippen LogP contribution is -2.50. The van der Waals surface area contributed by atoms with Crippen molar-refractivity contribution in [1.82, 2.24) is 19.1 Å². The van der Waals surface area contributed by atoms with Gasteiger partial charge in [0.1, 0.15) is 8.07 Å². The highest BCUT2D eigenvalue weighted by molar-refractivity contribution is 7.03. The zero-order valence-corrected chi connectivity index (χ0v) is 30.5. The van der Waals surface area contributed by atoms with Gasteiger partial charge in [-0.05, 0) is 47.1 Å². The van der Waals surface area contributed by atoms with Gasteiger partial charge in [0, 0.05) is 49.2 Å². The lowest BCUT2D eigenvalue weighted by Gasteiger charge is -2.20. The Balaban J connectivity index is 1.29. The molecule has 0 aliphatic carbocycles. The molecule has 11 rings (SSSR count). The normalized spacial score (nSPS) is 13.2. The standard InChI is InChI=1S/C48H34N4Si/c1-53(2)42-28-16-12-24-37(42)44-45(49-47(50-48(44)53)31-17-5-3-6-18-31)36-23-11-15-27-40(36)52-38-25-13-9-21-33(38)34-29-30-41-43(46(34)52)35-22-10-14-26-39(35)51(41)32-19-7-4-8-20-32/h3-30H,1-2H3. The number of aromatic nitrogens is 4. The van der Waals surface area contributed by atoms with Crippen molar-refractivity contribution >= 4 is 62.2 Å². The van der Waals surface area contributed by atoms with Gasteiger partial charge in [-0.3, -0.25) is 0 Å². The lowest BCUT2D eigenvalue weighted by molar-refractivity contribution is 1.16. The summed E-state index contributed by atoms with van der Waals surface area (Å²) in [6.07, 6.45) is 0. The van der Waals surface area contributed by atoms with E-state index in [2.05, 4.69) is 192 Å². The Morgan fingerprint density at radius 3 is 1.89 bits per heavy atom. The number of nitrogens with zero attached hydrogens (tertiary/aromatic N) is 4. The minimum atomic E-state index is -2.14. The summed E-state index contributed by atoms with van der Waals surface area (Å²) >= 11 is 0. The van der Waals surface area contributed by atoms with Crippen LogP contribution in [0.5, 0.6) is 0 Å². The monoisotopic (exact) mass is 694 g/mol. The van der Waals surface area contributed by atoms with Crippen LogP contribution in [0.25, 0.3) is 88.8 Å². The maximum atomic E-state index is 5.53. The first-order valence-corrected chi connectivity index (χ1v) is 21.3. The number of fused-ring (bicyclic) bond motifs is 10. The minimum Gasteiger partial charge on any atom is -0.309 e. The van der Waals surface area contributed by atoms with Crippen molar-refractivity contribution in [3.05, 3.63) is 170 Å². The molecule has 10 aromatic rings. The van der Waals surface area contributed by atoms with Crippen LogP contribution in [0.1, 0.15) is 0 Å². The Hall–Kier alpha value is -6.56. The third-order valence-corrected chi connectivity index (χ3v) is 14.6. The van der Waals surface area contributed by atoms with E-state index in [-0.39, 0.29) is 0 Å². The first-order chi connectivity index (χ1) is 26.1. The Morgan fingerprint density at radius 1 is 0.472 bits per heavy atom. The Morgan fingerprint density at radius 2 is 1.09 bits per heavy atom. The molecule has 0 N–H and O–H groups in total. The topological polar surface area (TPSA) is 35.6 Å². The Kier molecular flexibility index (Phi) is 6.37. The van der Waals surface area contributed by atoms with E-state index >= 15 is 0 Å². The molecule has 7 aromatic carbocycles. The number of hydrogen-bond acceptors (Lipinski definition) is 2. The molecule has 0 bridgehead atoms. The quantitative estimate of drug-likeness (QED) is 0.172. The maximum Gasteiger partial charge on any atom is 0.159 e. The SMILES string of the molecule is C[Si]1(C)c2ccccc2-c2c(-c3ccccc3-n3c4ccccc4c4ccc5c(c6ccccc6n5-c5ccccc5)c43)nc(-c3ccccc3)nc21. The largest absolute Gasteiger partial charge is 0.309 e. The fraction of sp³-hybridized carbons (Fsp3) is 0.0417. The van der Waals surface area contributed by atoms with Gasteiger partial charge in [0.25, 0.3) is 0 Å². The van der Waals surface area contributed by atoms with Crippen molar-refractivity contribution in [3.8, 4) is 45.1 Å². The molecule has 1 aliphatic rings.